The lowest BCUT2D eigenvalue weighted by Crippen LogP contribution is -2.67. The zero-order chi connectivity index (χ0) is 12.3. The third-order valence-corrected chi connectivity index (χ3v) is 5.50. The molecule has 0 aliphatic heterocycles. The molecule has 0 heterocycles. The molecule has 2 aliphatic rings. The smallest absolute Gasteiger partial charge is 0.0661 e. The minimum Gasteiger partial charge on any atom is -0.378 e. The van der Waals surface area contributed by atoms with Crippen molar-refractivity contribution in [2.45, 2.75) is 51.7 Å². The molecule has 2 nitrogen and oxygen atoms in total. The van der Waals surface area contributed by atoms with Crippen LogP contribution in [-0.4, -0.2) is 37.3 Å². The number of nitrogens with one attached hydrogen (secondary N) is 1. The number of rotatable bonds is 7. The van der Waals surface area contributed by atoms with Gasteiger partial charge in [0, 0.05) is 18.1 Å². The highest BCUT2D eigenvalue weighted by Gasteiger charge is 2.58. The predicted molar refractivity (Wildman–Crippen MR) is 75.7 cm³/mol. The van der Waals surface area contributed by atoms with E-state index in [9.17, 15) is 0 Å². The second kappa shape index (κ2) is 5.94. The monoisotopic (exact) mass is 257 g/mol. The molecule has 17 heavy (non-hydrogen) atoms. The summed E-state index contributed by atoms with van der Waals surface area (Å²) in [6.07, 6.45) is 8.15. The molecule has 2 fully saturated rings. The van der Waals surface area contributed by atoms with Gasteiger partial charge in [0.15, 0.2) is 0 Å². The van der Waals surface area contributed by atoms with E-state index < -0.39 is 0 Å². The third kappa shape index (κ3) is 2.66. The van der Waals surface area contributed by atoms with E-state index in [-0.39, 0.29) is 0 Å². The van der Waals surface area contributed by atoms with Crippen LogP contribution in [0.5, 0.6) is 0 Å². The van der Waals surface area contributed by atoms with Crippen molar-refractivity contribution in [3.63, 3.8) is 0 Å². The standard InChI is InChI=1S/C14H27NOS/c1-4-16-13-8-12(14(13)6-5-7-14)15-9-11(2)10-17-3/h11-13,15H,4-10H2,1-3H3. The van der Waals surface area contributed by atoms with Gasteiger partial charge in [-0.05, 0) is 50.7 Å². The van der Waals surface area contributed by atoms with Gasteiger partial charge in [-0.25, -0.2) is 0 Å². The van der Waals surface area contributed by atoms with Crippen molar-refractivity contribution in [3.05, 3.63) is 0 Å². The molecule has 0 amide bonds. The van der Waals surface area contributed by atoms with E-state index in [0.717, 1.165) is 18.6 Å². The largest absolute Gasteiger partial charge is 0.378 e. The first kappa shape index (κ1) is 13.7. The summed E-state index contributed by atoms with van der Waals surface area (Å²) in [6, 6.07) is 0.733. The van der Waals surface area contributed by atoms with Crippen molar-refractivity contribution < 1.29 is 4.74 Å². The van der Waals surface area contributed by atoms with Gasteiger partial charge in [0.05, 0.1) is 6.10 Å². The summed E-state index contributed by atoms with van der Waals surface area (Å²) in [5, 5.41) is 3.79. The Morgan fingerprint density at radius 2 is 2.24 bits per heavy atom. The Morgan fingerprint density at radius 1 is 1.47 bits per heavy atom. The number of ether oxygens (including phenoxy) is 1. The van der Waals surface area contributed by atoms with Gasteiger partial charge in [0.2, 0.25) is 0 Å². The first-order valence-corrected chi connectivity index (χ1v) is 8.46. The van der Waals surface area contributed by atoms with Crippen molar-refractivity contribution in [2.24, 2.45) is 11.3 Å². The summed E-state index contributed by atoms with van der Waals surface area (Å²) in [6.45, 7) is 6.51. The van der Waals surface area contributed by atoms with Crippen LogP contribution in [-0.2, 0) is 4.74 Å². The number of hydrogen-bond acceptors (Lipinski definition) is 3. The van der Waals surface area contributed by atoms with Crippen LogP contribution in [0.1, 0.15) is 39.5 Å². The van der Waals surface area contributed by atoms with Gasteiger partial charge in [-0.15, -0.1) is 0 Å². The summed E-state index contributed by atoms with van der Waals surface area (Å²) in [5.41, 5.74) is 0.523. The van der Waals surface area contributed by atoms with Crippen LogP contribution in [0.3, 0.4) is 0 Å². The average Bonchev–Trinajstić information content (AvgIpc) is 2.20. The lowest BCUT2D eigenvalue weighted by molar-refractivity contribution is -0.172. The van der Waals surface area contributed by atoms with Gasteiger partial charge < -0.3 is 10.1 Å². The summed E-state index contributed by atoms with van der Waals surface area (Å²) < 4.78 is 5.88. The fourth-order valence-corrected chi connectivity index (χ4v) is 4.10. The Hall–Kier alpha value is 0.270. The molecule has 0 saturated heterocycles. The Balaban J connectivity index is 1.75. The van der Waals surface area contributed by atoms with E-state index in [1.807, 2.05) is 11.8 Å². The number of thioether (sulfide) groups is 1. The molecular weight excluding hydrogens is 230 g/mol. The van der Waals surface area contributed by atoms with E-state index in [0.29, 0.717) is 11.5 Å². The van der Waals surface area contributed by atoms with E-state index in [2.05, 4.69) is 25.4 Å². The van der Waals surface area contributed by atoms with Crippen LogP contribution in [0.15, 0.2) is 0 Å². The molecule has 2 aliphatic carbocycles. The average molecular weight is 257 g/mol. The minimum atomic E-state index is 0.523. The molecular formula is C14H27NOS. The molecule has 1 spiro atoms. The molecule has 0 bridgehead atoms. The van der Waals surface area contributed by atoms with Crippen molar-refractivity contribution in [1.29, 1.82) is 0 Å². The predicted octanol–water partition coefficient (Wildman–Crippen LogP) is 2.92. The Kier molecular flexibility index (Phi) is 4.79. The zero-order valence-corrected chi connectivity index (χ0v) is 12.3. The highest BCUT2D eigenvalue weighted by atomic mass is 32.2. The summed E-state index contributed by atoms with van der Waals surface area (Å²) >= 11 is 1.95. The molecule has 0 aromatic rings. The SMILES string of the molecule is CCOC1CC(NCC(C)CSC)C12CCC2. The maximum atomic E-state index is 5.88. The molecule has 1 N–H and O–H groups in total. The van der Waals surface area contributed by atoms with E-state index >= 15 is 0 Å². The molecule has 100 valence electrons. The molecule has 0 aromatic heterocycles. The van der Waals surface area contributed by atoms with Gasteiger partial charge in [-0.1, -0.05) is 13.3 Å². The fraction of sp³-hybridized carbons (Fsp3) is 1.00. The second-order valence-corrected chi connectivity index (χ2v) is 6.70. The Morgan fingerprint density at radius 3 is 2.76 bits per heavy atom. The molecule has 2 rings (SSSR count). The van der Waals surface area contributed by atoms with Crippen LogP contribution in [0, 0.1) is 11.3 Å². The lowest BCUT2D eigenvalue weighted by Gasteiger charge is -2.61. The maximum absolute atomic E-state index is 5.88. The molecule has 3 atom stereocenters. The topological polar surface area (TPSA) is 21.3 Å². The van der Waals surface area contributed by atoms with Crippen LogP contribution in [0.4, 0.5) is 0 Å². The lowest BCUT2D eigenvalue weighted by atomic mass is 9.51. The molecule has 3 unspecified atom stereocenters. The van der Waals surface area contributed by atoms with E-state index in [4.69, 9.17) is 4.74 Å². The quantitative estimate of drug-likeness (QED) is 0.758. The Labute approximate surface area is 110 Å². The third-order valence-electron chi connectivity index (χ3n) is 4.60. The number of hydrogen-bond donors (Lipinski definition) is 1. The normalized spacial score (nSPS) is 31.9. The van der Waals surface area contributed by atoms with Gasteiger partial charge in [0.1, 0.15) is 0 Å². The summed E-state index contributed by atoms with van der Waals surface area (Å²) in [4.78, 5) is 0. The second-order valence-electron chi connectivity index (χ2n) is 5.79. The minimum absolute atomic E-state index is 0.523. The van der Waals surface area contributed by atoms with Crippen LogP contribution in [0.2, 0.25) is 0 Å². The van der Waals surface area contributed by atoms with Crippen molar-refractivity contribution >= 4 is 11.8 Å². The summed E-state index contributed by atoms with van der Waals surface area (Å²) in [7, 11) is 0. The maximum Gasteiger partial charge on any atom is 0.0661 e. The van der Waals surface area contributed by atoms with Gasteiger partial charge in [-0.2, -0.15) is 11.8 Å². The van der Waals surface area contributed by atoms with Crippen molar-refractivity contribution in [1.82, 2.24) is 5.32 Å². The van der Waals surface area contributed by atoms with Crippen molar-refractivity contribution in [2.75, 3.05) is 25.2 Å². The fourth-order valence-electron chi connectivity index (χ4n) is 3.41. The molecule has 0 aromatic carbocycles. The van der Waals surface area contributed by atoms with Crippen LogP contribution >= 0.6 is 11.8 Å². The van der Waals surface area contributed by atoms with E-state index in [1.165, 1.54) is 38.0 Å². The van der Waals surface area contributed by atoms with Gasteiger partial charge in [-0.3, -0.25) is 0 Å². The highest BCUT2D eigenvalue weighted by molar-refractivity contribution is 7.98. The molecule has 3 heteroatoms. The zero-order valence-electron chi connectivity index (χ0n) is 11.5. The molecule has 0 radical (unpaired) electrons. The van der Waals surface area contributed by atoms with Crippen molar-refractivity contribution in [3.8, 4) is 0 Å². The Bertz CT molecular complexity index is 242. The van der Waals surface area contributed by atoms with E-state index in [1.54, 1.807) is 0 Å². The molecule has 2 saturated carbocycles. The summed E-state index contributed by atoms with van der Waals surface area (Å²) in [5.74, 6) is 2.05. The van der Waals surface area contributed by atoms with Gasteiger partial charge in [0.25, 0.3) is 0 Å². The van der Waals surface area contributed by atoms with Crippen LogP contribution < -0.4 is 5.32 Å². The first-order chi connectivity index (χ1) is 8.23. The van der Waals surface area contributed by atoms with Gasteiger partial charge >= 0.3 is 0 Å². The van der Waals surface area contributed by atoms with Crippen LogP contribution in [0.25, 0.3) is 0 Å². The first-order valence-electron chi connectivity index (χ1n) is 7.07. The highest BCUT2D eigenvalue weighted by Crippen LogP contribution is 2.57.